The topological polar surface area (TPSA) is 84.4 Å². The van der Waals surface area contributed by atoms with Crippen molar-refractivity contribution in [1.29, 1.82) is 0 Å². The molecule has 1 N–H and O–H groups in total. The Bertz CT molecular complexity index is 1230. The molecule has 31 heavy (non-hydrogen) atoms. The molecule has 0 unspecified atom stereocenters. The fourth-order valence-corrected chi connectivity index (χ4v) is 3.98. The van der Waals surface area contributed by atoms with Crippen LogP contribution in [0.25, 0.3) is 22.4 Å². The molecule has 1 aliphatic heterocycles. The van der Waals surface area contributed by atoms with Crippen LogP contribution < -0.4 is 5.32 Å². The number of likely N-dealkylation sites (tertiary alicyclic amines) is 1. The van der Waals surface area contributed by atoms with Crippen LogP contribution in [0.3, 0.4) is 0 Å². The third-order valence-corrected chi connectivity index (χ3v) is 5.61. The first kappa shape index (κ1) is 19.3. The number of halogens is 1. The number of rotatable bonds is 5. The fourth-order valence-electron chi connectivity index (χ4n) is 3.98. The van der Waals surface area contributed by atoms with E-state index in [9.17, 15) is 9.18 Å². The van der Waals surface area contributed by atoms with Gasteiger partial charge >= 0.3 is 0 Å². The van der Waals surface area contributed by atoms with Crippen LogP contribution >= 0.6 is 0 Å². The van der Waals surface area contributed by atoms with Crippen molar-refractivity contribution in [3.05, 3.63) is 65.7 Å². The van der Waals surface area contributed by atoms with Crippen molar-refractivity contribution in [2.24, 2.45) is 5.92 Å². The number of nitrogens with zero attached hydrogens (tertiary/aromatic N) is 3. The van der Waals surface area contributed by atoms with Gasteiger partial charge in [0, 0.05) is 25.2 Å². The SMILES string of the molecule is Cc1onc(-c2ccccc2)c1C(=O)N1CC[C@H](CNc2nc3cccc(F)c3o2)C1. The fraction of sp³-hybridized carbons (Fsp3) is 0.261. The van der Waals surface area contributed by atoms with E-state index >= 15 is 0 Å². The Hall–Kier alpha value is -3.68. The molecular weight excluding hydrogens is 399 g/mol. The Kier molecular flexibility index (Phi) is 4.89. The molecule has 8 heteroatoms. The molecule has 3 heterocycles. The molecule has 0 radical (unpaired) electrons. The molecule has 2 aromatic carbocycles. The summed E-state index contributed by atoms with van der Waals surface area (Å²) >= 11 is 0. The van der Waals surface area contributed by atoms with Crippen LogP contribution in [0.5, 0.6) is 0 Å². The largest absolute Gasteiger partial charge is 0.420 e. The highest BCUT2D eigenvalue weighted by atomic mass is 19.1. The normalized spacial score (nSPS) is 16.2. The molecular formula is C23H21FN4O3. The molecule has 0 spiro atoms. The number of benzene rings is 2. The highest BCUT2D eigenvalue weighted by Gasteiger charge is 2.31. The van der Waals surface area contributed by atoms with Crippen molar-refractivity contribution < 1.29 is 18.1 Å². The minimum absolute atomic E-state index is 0.0796. The van der Waals surface area contributed by atoms with Gasteiger partial charge in [-0.1, -0.05) is 41.6 Å². The molecule has 5 rings (SSSR count). The van der Waals surface area contributed by atoms with Crippen molar-refractivity contribution >= 4 is 23.0 Å². The van der Waals surface area contributed by atoms with E-state index in [1.807, 2.05) is 35.2 Å². The second kappa shape index (κ2) is 7.86. The van der Waals surface area contributed by atoms with Crippen LogP contribution in [-0.4, -0.2) is 40.6 Å². The number of amides is 1. The van der Waals surface area contributed by atoms with E-state index in [4.69, 9.17) is 8.94 Å². The zero-order valence-corrected chi connectivity index (χ0v) is 17.0. The molecule has 7 nitrogen and oxygen atoms in total. The monoisotopic (exact) mass is 420 g/mol. The lowest BCUT2D eigenvalue weighted by Gasteiger charge is -2.17. The van der Waals surface area contributed by atoms with Crippen LogP contribution in [0.4, 0.5) is 10.4 Å². The summed E-state index contributed by atoms with van der Waals surface area (Å²) in [5.41, 5.74) is 2.54. The zero-order valence-electron chi connectivity index (χ0n) is 17.0. The predicted octanol–water partition coefficient (Wildman–Crippen LogP) is 4.50. The standard InChI is InChI=1S/C23H21FN4O3/c1-14-19(20(27-31-14)16-6-3-2-4-7-16)22(29)28-11-10-15(13-28)12-25-23-26-18-9-5-8-17(24)21(18)30-23/h2-9,15H,10-13H2,1H3,(H,25,26)/t15-/m1/s1. The smallest absolute Gasteiger partial charge is 0.295 e. The summed E-state index contributed by atoms with van der Waals surface area (Å²) < 4.78 is 24.6. The lowest BCUT2D eigenvalue weighted by atomic mass is 10.1. The van der Waals surface area contributed by atoms with Crippen LogP contribution in [0, 0.1) is 18.7 Å². The number of oxazole rings is 1. The van der Waals surface area contributed by atoms with E-state index < -0.39 is 5.82 Å². The summed E-state index contributed by atoms with van der Waals surface area (Å²) in [5, 5.41) is 7.25. The van der Waals surface area contributed by atoms with Gasteiger partial charge in [-0.05, 0) is 31.4 Å². The molecule has 2 aromatic heterocycles. The van der Waals surface area contributed by atoms with E-state index in [1.165, 1.54) is 6.07 Å². The number of hydrogen-bond acceptors (Lipinski definition) is 6. The van der Waals surface area contributed by atoms with E-state index in [1.54, 1.807) is 19.1 Å². The third kappa shape index (κ3) is 3.65. The first-order valence-corrected chi connectivity index (χ1v) is 10.2. The molecule has 158 valence electrons. The molecule has 0 saturated carbocycles. The van der Waals surface area contributed by atoms with Gasteiger partial charge in [0.1, 0.15) is 22.5 Å². The van der Waals surface area contributed by atoms with Gasteiger partial charge < -0.3 is 19.2 Å². The number of fused-ring (bicyclic) bond motifs is 1. The molecule has 4 aromatic rings. The first-order chi connectivity index (χ1) is 15.1. The number of carbonyl (C=O) groups excluding carboxylic acids is 1. The number of aromatic nitrogens is 2. The second-order valence-electron chi connectivity index (χ2n) is 7.72. The highest BCUT2D eigenvalue weighted by Crippen LogP contribution is 2.29. The average Bonchev–Trinajstić information content (AvgIpc) is 3.51. The van der Waals surface area contributed by atoms with E-state index in [-0.39, 0.29) is 23.4 Å². The summed E-state index contributed by atoms with van der Waals surface area (Å²) in [6.45, 7) is 3.58. The van der Waals surface area contributed by atoms with Crippen LogP contribution in [0.1, 0.15) is 22.5 Å². The summed E-state index contributed by atoms with van der Waals surface area (Å²) in [6.07, 6.45) is 0.846. The van der Waals surface area contributed by atoms with E-state index in [0.29, 0.717) is 42.2 Å². The molecule has 1 atom stereocenters. The van der Waals surface area contributed by atoms with Crippen LogP contribution in [0.2, 0.25) is 0 Å². The van der Waals surface area contributed by atoms with Crippen molar-refractivity contribution in [2.45, 2.75) is 13.3 Å². The number of aryl methyl sites for hydroxylation is 1. The maximum Gasteiger partial charge on any atom is 0.295 e. The summed E-state index contributed by atoms with van der Waals surface area (Å²) in [6, 6.07) is 14.5. The van der Waals surface area contributed by atoms with Crippen molar-refractivity contribution in [2.75, 3.05) is 25.0 Å². The number of hydrogen-bond donors (Lipinski definition) is 1. The van der Waals surface area contributed by atoms with Crippen molar-refractivity contribution in [3.8, 4) is 11.3 Å². The van der Waals surface area contributed by atoms with Crippen LogP contribution in [-0.2, 0) is 0 Å². The average molecular weight is 420 g/mol. The second-order valence-corrected chi connectivity index (χ2v) is 7.72. The maximum absolute atomic E-state index is 13.8. The van der Waals surface area contributed by atoms with Crippen molar-refractivity contribution in [1.82, 2.24) is 15.0 Å². The van der Waals surface area contributed by atoms with Gasteiger partial charge in [0.25, 0.3) is 11.9 Å². The Morgan fingerprint density at radius 1 is 1.23 bits per heavy atom. The van der Waals surface area contributed by atoms with E-state index in [2.05, 4.69) is 15.5 Å². The number of para-hydroxylation sites is 1. The first-order valence-electron chi connectivity index (χ1n) is 10.2. The van der Waals surface area contributed by atoms with Gasteiger partial charge in [0.15, 0.2) is 11.4 Å². The Labute approximate surface area is 177 Å². The molecule has 1 saturated heterocycles. The Balaban J connectivity index is 1.26. The van der Waals surface area contributed by atoms with Crippen molar-refractivity contribution in [3.63, 3.8) is 0 Å². The molecule has 1 aliphatic rings. The molecule has 1 amide bonds. The van der Waals surface area contributed by atoms with Gasteiger partial charge in [-0.25, -0.2) is 4.39 Å². The quantitative estimate of drug-likeness (QED) is 0.512. The van der Waals surface area contributed by atoms with Gasteiger partial charge in [-0.15, -0.1) is 0 Å². The van der Waals surface area contributed by atoms with Gasteiger partial charge in [0.05, 0.1) is 0 Å². The third-order valence-electron chi connectivity index (χ3n) is 5.61. The zero-order chi connectivity index (χ0) is 21.4. The number of anilines is 1. The van der Waals surface area contributed by atoms with Gasteiger partial charge in [0.2, 0.25) is 0 Å². The minimum atomic E-state index is -0.436. The summed E-state index contributed by atoms with van der Waals surface area (Å²) in [7, 11) is 0. The Morgan fingerprint density at radius 3 is 2.87 bits per heavy atom. The summed E-state index contributed by atoms with van der Waals surface area (Å²) in [4.78, 5) is 19.3. The van der Waals surface area contributed by atoms with Gasteiger partial charge in [-0.3, -0.25) is 4.79 Å². The number of carbonyl (C=O) groups is 1. The molecule has 0 aliphatic carbocycles. The predicted molar refractivity (Wildman–Crippen MR) is 113 cm³/mol. The van der Waals surface area contributed by atoms with E-state index in [0.717, 1.165) is 12.0 Å². The highest BCUT2D eigenvalue weighted by molar-refractivity contribution is 6.00. The number of nitrogens with one attached hydrogen (secondary N) is 1. The minimum Gasteiger partial charge on any atom is -0.420 e. The van der Waals surface area contributed by atoms with Gasteiger partial charge in [-0.2, -0.15) is 4.98 Å². The summed E-state index contributed by atoms with van der Waals surface area (Å²) in [5.74, 6) is 0.223. The lowest BCUT2D eigenvalue weighted by molar-refractivity contribution is 0.0786. The Morgan fingerprint density at radius 2 is 2.06 bits per heavy atom. The molecule has 1 fully saturated rings. The van der Waals surface area contributed by atoms with Crippen LogP contribution in [0.15, 0.2) is 57.5 Å². The molecule has 0 bridgehead atoms. The maximum atomic E-state index is 13.8. The lowest BCUT2D eigenvalue weighted by Crippen LogP contribution is -2.30.